The number of hydrogen-bond donors (Lipinski definition) is 3. The lowest BCUT2D eigenvalue weighted by Gasteiger charge is -2.10. The summed E-state index contributed by atoms with van der Waals surface area (Å²) in [6.45, 7) is 0.615. The van der Waals surface area contributed by atoms with Crippen molar-refractivity contribution in [2.75, 3.05) is 17.2 Å². The summed E-state index contributed by atoms with van der Waals surface area (Å²) in [6.07, 6.45) is 5.70. The van der Waals surface area contributed by atoms with Crippen molar-refractivity contribution in [3.8, 4) is 6.07 Å². The van der Waals surface area contributed by atoms with Crippen LogP contribution in [0.1, 0.15) is 11.3 Å². The Morgan fingerprint density at radius 3 is 2.85 bits per heavy atom. The predicted octanol–water partition coefficient (Wildman–Crippen LogP) is 2.12. The molecule has 0 unspecified atom stereocenters. The number of rotatable bonds is 6. The fourth-order valence-electron chi connectivity index (χ4n) is 2.51. The first-order chi connectivity index (χ1) is 12.8. The van der Waals surface area contributed by atoms with Gasteiger partial charge in [0, 0.05) is 24.8 Å². The van der Waals surface area contributed by atoms with Crippen molar-refractivity contribution in [3.05, 3.63) is 60.3 Å². The fourth-order valence-corrected chi connectivity index (χ4v) is 2.51. The minimum Gasteiger partial charge on any atom is -0.354 e. The molecule has 9 nitrogen and oxygen atoms in total. The van der Waals surface area contributed by atoms with Crippen LogP contribution < -0.4 is 10.6 Å². The number of para-hydroxylation sites is 1. The molecule has 9 heteroatoms. The standard InChI is InChI=1S/C17H15N9/c18-8-12-9-22-26-15(12)24-16(23-13-4-2-1-3-5-13)25-17(26)20-7-6-14-10-19-11-21-14/h1-5,9-11H,6-7H2,(H,19,21)(H2,20,23,24,25). The van der Waals surface area contributed by atoms with Crippen molar-refractivity contribution in [1.29, 1.82) is 5.26 Å². The molecule has 3 aromatic heterocycles. The maximum Gasteiger partial charge on any atom is 0.232 e. The Hall–Kier alpha value is -3.93. The Kier molecular flexibility index (Phi) is 4.14. The Bertz CT molecular complexity index is 1050. The van der Waals surface area contributed by atoms with Gasteiger partial charge < -0.3 is 15.6 Å². The molecule has 0 amide bonds. The molecule has 4 aromatic rings. The molecule has 128 valence electrons. The highest BCUT2D eigenvalue weighted by Gasteiger charge is 2.13. The summed E-state index contributed by atoms with van der Waals surface area (Å²) in [4.78, 5) is 16.0. The van der Waals surface area contributed by atoms with E-state index in [9.17, 15) is 5.26 Å². The fraction of sp³-hybridized carbons (Fsp3) is 0.118. The summed E-state index contributed by atoms with van der Waals surface area (Å²) in [5.74, 6) is 0.897. The number of nitrogens with one attached hydrogen (secondary N) is 3. The number of nitriles is 1. The lowest BCUT2D eigenvalue weighted by Crippen LogP contribution is -2.13. The average Bonchev–Trinajstić information content (AvgIpc) is 3.32. The third-order valence-electron chi connectivity index (χ3n) is 3.74. The van der Waals surface area contributed by atoms with Gasteiger partial charge in [0.2, 0.25) is 11.9 Å². The molecule has 0 spiro atoms. The SMILES string of the molecule is N#Cc1cnn2c(NCCc3c[nH]cn3)nc(Nc3ccccc3)nc12. The molecule has 0 aliphatic carbocycles. The normalized spacial score (nSPS) is 10.6. The largest absolute Gasteiger partial charge is 0.354 e. The van der Waals surface area contributed by atoms with Crippen LogP contribution in [0, 0.1) is 11.3 Å². The van der Waals surface area contributed by atoms with Gasteiger partial charge in [0.25, 0.3) is 0 Å². The number of aromatic amines is 1. The summed E-state index contributed by atoms with van der Waals surface area (Å²) in [5, 5.41) is 19.9. The Morgan fingerprint density at radius 1 is 1.19 bits per heavy atom. The molecule has 4 rings (SSSR count). The van der Waals surface area contributed by atoms with E-state index in [0.717, 1.165) is 17.8 Å². The third kappa shape index (κ3) is 3.16. The summed E-state index contributed by atoms with van der Waals surface area (Å²) in [5.41, 5.74) is 2.64. The van der Waals surface area contributed by atoms with Gasteiger partial charge >= 0.3 is 0 Å². The van der Waals surface area contributed by atoms with Crippen LogP contribution in [0.4, 0.5) is 17.6 Å². The van der Waals surface area contributed by atoms with E-state index in [0.29, 0.717) is 29.7 Å². The highest BCUT2D eigenvalue weighted by Crippen LogP contribution is 2.18. The van der Waals surface area contributed by atoms with Crippen molar-refractivity contribution < 1.29 is 0 Å². The van der Waals surface area contributed by atoms with E-state index in [1.54, 1.807) is 6.33 Å². The predicted molar refractivity (Wildman–Crippen MR) is 96.0 cm³/mol. The van der Waals surface area contributed by atoms with Crippen LogP contribution in [0.5, 0.6) is 0 Å². The number of imidazole rings is 1. The molecule has 0 atom stereocenters. The minimum absolute atomic E-state index is 0.388. The molecule has 26 heavy (non-hydrogen) atoms. The van der Waals surface area contributed by atoms with Gasteiger partial charge in [-0.15, -0.1) is 0 Å². The van der Waals surface area contributed by atoms with Crippen LogP contribution in [0.3, 0.4) is 0 Å². The lowest BCUT2D eigenvalue weighted by atomic mass is 10.3. The second-order valence-corrected chi connectivity index (χ2v) is 5.50. The summed E-state index contributed by atoms with van der Waals surface area (Å²) in [6, 6.07) is 11.7. The molecule has 3 N–H and O–H groups in total. The quantitative estimate of drug-likeness (QED) is 0.489. The number of fused-ring (bicyclic) bond motifs is 1. The van der Waals surface area contributed by atoms with Crippen molar-refractivity contribution >= 4 is 23.2 Å². The maximum atomic E-state index is 9.28. The monoisotopic (exact) mass is 345 g/mol. The van der Waals surface area contributed by atoms with E-state index >= 15 is 0 Å². The lowest BCUT2D eigenvalue weighted by molar-refractivity contribution is 0.870. The summed E-state index contributed by atoms with van der Waals surface area (Å²) in [7, 11) is 0. The van der Waals surface area contributed by atoms with Crippen LogP contribution in [-0.4, -0.2) is 36.1 Å². The molecular weight excluding hydrogens is 330 g/mol. The van der Waals surface area contributed by atoms with Crippen LogP contribution in [0.2, 0.25) is 0 Å². The third-order valence-corrected chi connectivity index (χ3v) is 3.74. The van der Waals surface area contributed by atoms with Gasteiger partial charge in [0.05, 0.1) is 18.2 Å². The number of hydrogen-bond acceptors (Lipinski definition) is 7. The Labute approximate surface area is 148 Å². The van der Waals surface area contributed by atoms with Gasteiger partial charge in [-0.05, 0) is 12.1 Å². The van der Waals surface area contributed by atoms with Gasteiger partial charge in [0.1, 0.15) is 11.6 Å². The van der Waals surface area contributed by atoms with Crippen LogP contribution in [-0.2, 0) is 6.42 Å². The van der Waals surface area contributed by atoms with Gasteiger partial charge in [-0.2, -0.15) is 24.8 Å². The number of aromatic nitrogens is 6. The van der Waals surface area contributed by atoms with Crippen molar-refractivity contribution in [3.63, 3.8) is 0 Å². The van der Waals surface area contributed by atoms with Crippen molar-refractivity contribution in [2.24, 2.45) is 0 Å². The summed E-state index contributed by atoms with van der Waals surface area (Å²) < 4.78 is 1.53. The topological polar surface area (TPSA) is 120 Å². The molecule has 1 aromatic carbocycles. The van der Waals surface area contributed by atoms with Gasteiger partial charge in [-0.3, -0.25) is 0 Å². The van der Waals surface area contributed by atoms with E-state index < -0.39 is 0 Å². The molecule has 3 heterocycles. The molecular formula is C17H15N9. The number of anilines is 3. The molecule has 0 bridgehead atoms. The molecule has 0 fully saturated rings. The van der Waals surface area contributed by atoms with Gasteiger partial charge in [0.15, 0.2) is 5.65 Å². The zero-order chi connectivity index (χ0) is 17.8. The Morgan fingerprint density at radius 2 is 2.08 bits per heavy atom. The molecule has 0 saturated heterocycles. The smallest absolute Gasteiger partial charge is 0.232 e. The van der Waals surface area contributed by atoms with Crippen LogP contribution in [0.25, 0.3) is 5.65 Å². The first-order valence-corrected chi connectivity index (χ1v) is 8.03. The number of H-pyrrole nitrogens is 1. The van der Waals surface area contributed by atoms with Crippen molar-refractivity contribution in [1.82, 2.24) is 29.5 Å². The molecule has 0 aliphatic rings. The van der Waals surface area contributed by atoms with Gasteiger partial charge in [-0.25, -0.2) is 4.98 Å². The Balaban J connectivity index is 1.63. The highest BCUT2D eigenvalue weighted by molar-refractivity contribution is 5.62. The minimum atomic E-state index is 0.388. The zero-order valence-electron chi connectivity index (χ0n) is 13.7. The first kappa shape index (κ1) is 15.6. The second-order valence-electron chi connectivity index (χ2n) is 5.50. The molecule has 0 aliphatic heterocycles. The maximum absolute atomic E-state index is 9.28. The van der Waals surface area contributed by atoms with Gasteiger partial charge in [-0.1, -0.05) is 18.2 Å². The second kappa shape index (κ2) is 6.90. The highest BCUT2D eigenvalue weighted by atomic mass is 15.4. The van der Waals surface area contributed by atoms with Crippen LogP contribution in [0.15, 0.2) is 49.1 Å². The summed E-state index contributed by atoms with van der Waals surface area (Å²) >= 11 is 0. The van der Waals surface area contributed by atoms with E-state index in [2.05, 4.69) is 41.7 Å². The van der Waals surface area contributed by atoms with Crippen molar-refractivity contribution in [2.45, 2.75) is 6.42 Å². The zero-order valence-corrected chi connectivity index (χ0v) is 13.7. The van der Waals surface area contributed by atoms with Crippen LogP contribution >= 0.6 is 0 Å². The average molecular weight is 345 g/mol. The number of nitrogens with zero attached hydrogens (tertiary/aromatic N) is 6. The van der Waals surface area contributed by atoms with E-state index in [1.165, 1.54) is 10.7 Å². The molecule has 0 saturated carbocycles. The first-order valence-electron chi connectivity index (χ1n) is 8.03. The van der Waals surface area contributed by atoms with E-state index in [4.69, 9.17) is 0 Å². The molecule has 0 radical (unpaired) electrons. The van der Waals surface area contributed by atoms with E-state index in [-0.39, 0.29) is 0 Å². The van der Waals surface area contributed by atoms with E-state index in [1.807, 2.05) is 36.5 Å². The number of benzene rings is 1.